The first-order valence-electron chi connectivity index (χ1n) is 5.30. The van der Waals surface area contributed by atoms with Gasteiger partial charge in [-0.3, -0.25) is 0 Å². The van der Waals surface area contributed by atoms with Gasteiger partial charge in [0.2, 0.25) is 0 Å². The molecular formula is C12H15ClN2O2. The molecule has 0 aliphatic rings. The molecule has 17 heavy (non-hydrogen) atoms. The summed E-state index contributed by atoms with van der Waals surface area (Å²) in [4.78, 5) is 0. The number of benzene rings is 1. The van der Waals surface area contributed by atoms with Gasteiger partial charge in [-0.15, -0.1) is 0 Å². The second-order valence-corrected chi connectivity index (χ2v) is 4.16. The lowest BCUT2D eigenvalue weighted by Crippen LogP contribution is -2.23. The number of rotatable bonds is 5. The molecular weight excluding hydrogens is 240 g/mol. The van der Waals surface area contributed by atoms with Crippen LogP contribution in [-0.4, -0.2) is 29.9 Å². The quantitative estimate of drug-likeness (QED) is 0.738. The number of nitriles is 1. The lowest BCUT2D eigenvalue weighted by molar-refractivity contribution is 0.0141. The van der Waals surface area contributed by atoms with Crippen LogP contribution in [0.1, 0.15) is 23.7 Å². The average molecular weight is 255 g/mol. The van der Waals surface area contributed by atoms with Crippen LogP contribution in [0.3, 0.4) is 0 Å². The van der Waals surface area contributed by atoms with Gasteiger partial charge in [-0.2, -0.15) is 5.26 Å². The van der Waals surface area contributed by atoms with E-state index in [1.807, 2.05) is 6.07 Å². The molecule has 1 aromatic carbocycles. The topological polar surface area (TPSA) is 76.3 Å². The highest BCUT2D eigenvalue weighted by molar-refractivity contribution is 6.31. The minimum Gasteiger partial charge on any atom is -0.390 e. The molecule has 92 valence electrons. The second-order valence-electron chi connectivity index (χ2n) is 3.75. The highest BCUT2D eigenvalue weighted by Crippen LogP contribution is 2.27. The molecule has 0 radical (unpaired) electrons. The van der Waals surface area contributed by atoms with E-state index >= 15 is 0 Å². The number of halogens is 1. The molecule has 0 fully saturated rings. The Morgan fingerprint density at radius 3 is 2.76 bits per heavy atom. The van der Waals surface area contributed by atoms with Gasteiger partial charge in [0.1, 0.15) is 6.10 Å². The fourth-order valence-corrected chi connectivity index (χ4v) is 1.73. The SMILES string of the molecule is CNCCC(O)C(O)c1cc(C#N)ccc1Cl. The number of aliphatic hydroxyl groups is 2. The first kappa shape index (κ1) is 13.9. The van der Waals surface area contributed by atoms with Gasteiger partial charge in [-0.25, -0.2) is 0 Å². The van der Waals surface area contributed by atoms with Gasteiger partial charge in [0, 0.05) is 10.6 Å². The Hall–Kier alpha value is -1.12. The van der Waals surface area contributed by atoms with Crippen LogP contribution in [0.15, 0.2) is 18.2 Å². The summed E-state index contributed by atoms with van der Waals surface area (Å²) in [6.07, 6.45) is -1.58. The van der Waals surface area contributed by atoms with Crippen molar-refractivity contribution in [2.45, 2.75) is 18.6 Å². The average Bonchev–Trinajstić information content (AvgIpc) is 2.35. The van der Waals surface area contributed by atoms with Crippen molar-refractivity contribution in [3.8, 4) is 6.07 Å². The zero-order valence-electron chi connectivity index (χ0n) is 9.52. The van der Waals surface area contributed by atoms with Crippen molar-refractivity contribution in [1.82, 2.24) is 5.32 Å². The smallest absolute Gasteiger partial charge is 0.106 e. The first-order valence-corrected chi connectivity index (χ1v) is 5.68. The maximum atomic E-state index is 9.94. The molecule has 0 aromatic heterocycles. The molecule has 2 atom stereocenters. The first-order chi connectivity index (χ1) is 8.10. The molecule has 0 saturated carbocycles. The summed E-state index contributed by atoms with van der Waals surface area (Å²) in [5, 5.41) is 31.7. The third-order valence-electron chi connectivity index (χ3n) is 2.50. The van der Waals surface area contributed by atoms with Crippen LogP contribution in [-0.2, 0) is 0 Å². The Morgan fingerprint density at radius 1 is 1.47 bits per heavy atom. The Balaban J connectivity index is 2.87. The van der Waals surface area contributed by atoms with Crippen LogP contribution < -0.4 is 5.32 Å². The van der Waals surface area contributed by atoms with E-state index in [9.17, 15) is 10.2 Å². The minimum atomic E-state index is -1.08. The van der Waals surface area contributed by atoms with Crippen molar-refractivity contribution in [2.24, 2.45) is 0 Å². The summed E-state index contributed by atoms with van der Waals surface area (Å²) in [6, 6.07) is 6.58. The Bertz CT molecular complexity index is 417. The van der Waals surface area contributed by atoms with Crippen molar-refractivity contribution >= 4 is 11.6 Å². The zero-order valence-corrected chi connectivity index (χ0v) is 10.3. The summed E-state index contributed by atoms with van der Waals surface area (Å²) in [6.45, 7) is 0.591. The van der Waals surface area contributed by atoms with Crippen molar-refractivity contribution < 1.29 is 10.2 Å². The lowest BCUT2D eigenvalue weighted by Gasteiger charge is -2.19. The maximum absolute atomic E-state index is 9.94. The van der Waals surface area contributed by atoms with Crippen molar-refractivity contribution in [3.63, 3.8) is 0 Å². The van der Waals surface area contributed by atoms with E-state index in [1.54, 1.807) is 19.2 Å². The monoisotopic (exact) mass is 254 g/mol. The van der Waals surface area contributed by atoms with Gasteiger partial charge >= 0.3 is 0 Å². The third kappa shape index (κ3) is 3.69. The van der Waals surface area contributed by atoms with Crippen LogP contribution in [0.2, 0.25) is 5.02 Å². The van der Waals surface area contributed by atoms with Crippen LogP contribution in [0.4, 0.5) is 0 Å². The normalized spacial score (nSPS) is 14.1. The van der Waals surface area contributed by atoms with Gasteiger partial charge in [0.15, 0.2) is 0 Å². The van der Waals surface area contributed by atoms with Crippen LogP contribution in [0.5, 0.6) is 0 Å². The molecule has 1 aromatic rings. The Labute approximate surface area is 105 Å². The largest absolute Gasteiger partial charge is 0.390 e. The van der Waals surface area contributed by atoms with Crippen LogP contribution in [0.25, 0.3) is 0 Å². The summed E-state index contributed by atoms with van der Waals surface area (Å²) < 4.78 is 0. The van der Waals surface area contributed by atoms with Gasteiger partial charge in [0.25, 0.3) is 0 Å². The number of aliphatic hydroxyl groups excluding tert-OH is 2. The molecule has 0 heterocycles. The molecule has 0 saturated heterocycles. The highest BCUT2D eigenvalue weighted by Gasteiger charge is 2.20. The molecule has 3 N–H and O–H groups in total. The van der Waals surface area contributed by atoms with E-state index in [1.165, 1.54) is 6.07 Å². The Morgan fingerprint density at radius 2 is 2.18 bits per heavy atom. The summed E-state index contributed by atoms with van der Waals surface area (Å²) >= 11 is 5.93. The van der Waals surface area contributed by atoms with Gasteiger partial charge in [-0.05, 0) is 38.2 Å². The molecule has 0 spiro atoms. The number of hydrogen-bond donors (Lipinski definition) is 3. The van der Waals surface area contributed by atoms with Crippen molar-refractivity contribution in [2.75, 3.05) is 13.6 Å². The van der Waals surface area contributed by atoms with Crippen molar-refractivity contribution in [3.05, 3.63) is 34.3 Å². The van der Waals surface area contributed by atoms with Crippen LogP contribution in [0, 0.1) is 11.3 Å². The van der Waals surface area contributed by atoms with E-state index < -0.39 is 12.2 Å². The van der Waals surface area contributed by atoms with E-state index in [4.69, 9.17) is 16.9 Å². The summed E-state index contributed by atoms with van der Waals surface area (Å²) in [7, 11) is 1.77. The van der Waals surface area contributed by atoms with Gasteiger partial charge in [0.05, 0.1) is 17.7 Å². The molecule has 2 unspecified atom stereocenters. The molecule has 4 nitrogen and oxygen atoms in total. The number of nitrogens with one attached hydrogen (secondary N) is 1. The predicted octanol–water partition coefficient (Wildman–Crippen LogP) is 1.22. The summed E-state index contributed by atoms with van der Waals surface area (Å²) in [5.41, 5.74) is 0.790. The fraction of sp³-hybridized carbons (Fsp3) is 0.417. The van der Waals surface area contributed by atoms with E-state index in [2.05, 4.69) is 5.32 Å². The van der Waals surface area contributed by atoms with Crippen molar-refractivity contribution in [1.29, 1.82) is 5.26 Å². The fourth-order valence-electron chi connectivity index (χ4n) is 1.50. The lowest BCUT2D eigenvalue weighted by atomic mass is 10.0. The number of hydrogen-bond acceptors (Lipinski definition) is 4. The molecule has 0 aliphatic heterocycles. The molecule has 0 bridgehead atoms. The number of nitrogens with zero attached hydrogens (tertiary/aromatic N) is 1. The second kappa shape index (κ2) is 6.58. The highest BCUT2D eigenvalue weighted by atomic mass is 35.5. The van der Waals surface area contributed by atoms with Gasteiger partial charge < -0.3 is 15.5 Å². The minimum absolute atomic E-state index is 0.347. The van der Waals surface area contributed by atoms with E-state index in [-0.39, 0.29) is 0 Å². The third-order valence-corrected chi connectivity index (χ3v) is 2.84. The van der Waals surface area contributed by atoms with Gasteiger partial charge in [-0.1, -0.05) is 11.6 Å². The molecule has 1 rings (SSSR count). The van der Waals surface area contributed by atoms with E-state index in [0.29, 0.717) is 29.1 Å². The standard InChI is InChI=1S/C12H15ClN2O2/c1-15-5-4-11(16)12(17)9-6-8(7-14)2-3-10(9)13/h2-3,6,11-12,15-17H,4-5H2,1H3. The summed E-state index contributed by atoms with van der Waals surface area (Å²) in [5.74, 6) is 0. The predicted molar refractivity (Wildman–Crippen MR) is 65.7 cm³/mol. The molecule has 5 heteroatoms. The van der Waals surface area contributed by atoms with E-state index in [0.717, 1.165) is 0 Å². The van der Waals surface area contributed by atoms with Crippen LogP contribution >= 0.6 is 11.6 Å². The zero-order chi connectivity index (χ0) is 12.8. The molecule has 0 aliphatic carbocycles. The maximum Gasteiger partial charge on any atom is 0.106 e. The molecule has 0 amide bonds. The Kier molecular flexibility index (Phi) is 5.39.